The molecule has 1 aromatic carbocycles. The topological polar surface area (TPSA) is 83.8 Å². The number of H-pyrrole nitrogens is 1. The number of hydrogen-bond acceptors (Lipinski definition) is 3. The monoisotopic (exact) mass is 456 g/mol. The Kier molecular flexibility index (Phi) is 4.95. The van der Waals surface area contributed by atoms with Gasteiger partial charge in [-0.25, -0.2) is 22.9 Å². The number of carbonyl (C=O) groups is 1. The molecule has 0 saturated heterocycles. The molecule has 3 heterocycles. The number of fused-ring (bicyclic) bond motifs is 2. The molecule has 3 aromatic heterocycles. The van der Waals surface area contributed by atoms with Crippen molar-refractivity contribution in [2.45, 2.75) is 57.0 Å². The van der Waals surface area contributed by atoms with Gasteiger partial charge in [0.05, 0.1) is 17.2 Å². The van der Waals surface area contributed by atoms with Crippen molar-refractivity contribution >= 4 is 28.0 Å². The van der Waals surface area contributed by atoms with Crippen molar-refractivity contribution in [3.05, 3.63) is 53.4 Å². The van der Waals surface area contributed by atoms with E-state index in [0.717, 1.165) is 28.8 Å². The molecular weight excluding hydrogens is 433 g/mol. The summed E-state index contributed by atoms with van der Waals surface area (Å²) in [5.74, 6) is -3.45. The Morgan fingerprint density at radius 2 is 1.94 bits per heavy atom. The first kappa shape index (κ1) is 21.5. The largest absolute Gasteiger partial charge is 0.479 e. The number of aliphatic carboxylic acids is 1. The lowest BCUT2D eigenvalue weighted by Crippen LogP contribution is -2.37. The van der Waals surface area contributed by atoms with Gasteiger partial charge in [0.1, 0.15) is 0 Å². The van der Waals surface area contributed by atoms with Crippen molar-refractivity contribution in [3.8, 4) is 5.69 Å². The Morgan fingerprint density at radius 3 is 2.58 bits per heavy atom. The summed E-state index contributed by atoms with van der Waals surface area (Å²) in [6.07, 6.45) is 2.16. The molecule has 2 N–H and O–H groups in total. The van der Waals surface area contributed by atoms with Gasteiger partial charge in [-0.05, 0) is 55.7 Å². The fourth-order valence-electron chi connectivity index (χ4n) is 5.06. The number of pyridine rings is 1. The lowest BCUT2D eigenvalue weighted by atomic mass is 9.76. The SMILES string of the molecule is CC(C)c1c([C@H]2CC[C@](F)(C(=O)O)CC2)c2nc3[nH]ncc3cc2n1-c1ccc(F)c(F)c1. The van der Waals surface area contributed by atoms with Gasteiger partial charge in [0, 0.05) is 28.4 Å². The molecule has 0 unspecified atom stereocenters. The average molecular weight is 456 g/mol. The van der Waals surface area contributed by atoms with Crippen LogP contribution in [0, 0.1) is 11.6 Å². The number of carboxylic acids is 1. The Balaban J connectivity index is 1.77. The van der Waals surface area contributed by atoms with E-state index < -0.39 is 23.3 Å². The molecule has 0 bridgehead atoms. The van der Waals surface area contributed by atoms with Crippen LogP contribution >= 0.6 is 0 Å². The zero-order chi connectivity index (χ0) is 23.5. The van der Waals surface area contributed by atoms with Crippen molar-refractivity contribution in [3.63, 3.8) is 0 Å². The summed E-state index contributed by atoms with van der Waals surface area (Å²) in [7, 11) is 0. The summed E-state index contributed by atoms with van der Waals surface area (Å²) in [5, 5.41) is 17.0. The number of halogens is 3. The van der Waals surface area contributed by atoms with Crippen LogP contribution in [0.4, 0.5) is 13.2 Å². The van der Waals surface area contributed by atoms with Crippen LogP contribution in [-0.4, -0.2) is 36.5 Å². The number of aromatic nitrogens is 4. The third-order valence-corrected chi connectivity index (χ3v) is 6.70. The van der Waals surface area contributed by atoms with E-state index in [9.17, 15) is 23.1 Å². The first-order valence-corrected chi connectivity index (χ1v) is 11.0. The summed E-state index contributed by atoms with van der Waals surface area (Å²) in [6.45, 7) is 4.00. The highest BCUT2D eigenvalue weighted by Crippen LogP contribution is 2.46. The van der Waals surface area contributed by atoms with Crippen LogP contribution in [0.15, 0.2) is 30.5 Å². The van der Waals surface area contributed by atoms with Crippen LogP contribution < -0.4 is 0 Å². The predicted octanol–water partition coefficient (Wildman–Crippen LogP) is 5.75. The van der Waals surface area contributed by atoms with Crippen LogP contribution in [-0.2, 0) is 4.79 Å². The fourth-order valence-corrected chi connectivity index (χ4v) is 5.06. The maximum absolute atomic E-state index is 14.8. The Labute approximate surface area is 187 Å². The van der Waals surface area contributed by atoms with Crippen molar-refractivity contribution in [1.29, 1.82) is 0 Å². The molecule has 0 aliphatic heterocycles. The molecule has 33 heavy (non-hydrogen) atoms. The van der Waals surface area contributed by atoms with Gasteiger partial charge in [0.2, 0.25) is 5.67 Å². The molecule has 1 aliphatic rings. The number of carboxylic acid groups (broad SMARTS) is 1. The van der Waals surface area contributed by atoms with E-state index in [1.807, 2.05) is 24.5 Å². The Bertz CT molecular complexity index is 1380. The van der Waals surface area contributed by atoms with E-state index in [0.29, 0.717) is 35.2 Å². The van der Waals surface area contributed by atoms with E-state index in [4.69, 9.17) is 4.98 Å². The van der Waals surface area contributed by atoms with Crippen LogP contribution in [0.2, 0.25) is 0 Å². The highest BCUT2D eigenvalue weighted by atomic mass is 19.2. The minimum absolute atomic E-state index is 0.0182. The van der Waals surface area contributed by atoms with Crippen LogP contribution in [0.5, 0.6) is 0 Å². The molecule has 5 rings (SSSR count). The molecular formula is C24H23F3N4O2. The van der Waals surface area contributed by atoms with E-state index in [1.165, 1.54) is 6.07 Å². The number of benzene rings is 1. The van der Waals surface area contributed by atoms with Crippen molar-refractivity contribution < 1.29 is 23.1 Å². The van der Waals surface area contributed by atoms with Gasteiger partial charge in [-0.3, -0.25) is 5.10 Å². The first-order valence-electron chi connectivity index (χ1n) is 11.0. The molecule has 9 heteroatoms. The predicted molar refractivity (Wildman–Crippen MR) is 117 cm³/mol. The molecule has 4 aromatic rings. The normalized spacial score (nSPS) is 21.3. The summed E-state index contributed by atoms with van der Waals surface area (Å²) in [4.78, 5) is 16.2. The number of nitrogens with zero attached hydrogens (tertiary/aromatic N) is 3. The number of alkyl halides is 1. The smallest absolute Gasteiger partial charge is 0.341 e. The highest BCUT2D eigenvalue weighted by molar-refractivity contribution is 5.93. The van der Waals surface area contributed by atoms with E-state index in [-0.39, 0.29) is 24.7 Å². The maximum atomic E-state index is 14.8. The first-order chi connectivity index (χ1) is 15.7. The summed E-state index contributed by atoms with van der Waals surface area (Å²) >= 11 is 0. The molecule has 0 radical (unpaired) electrons. The molecule has 1 fully saturated rings. The van der Waals surface area contributed by atoms with Gasteiger partial charge in [-0.2, -0.15) is 5.10 Å². The van der Waals surface area contributed by atoms with Gasteiger partial charge >= 0.3 is 5.97 Å². The van der Waals surface area contributed by atoms with Crippen molar-refractivity contribution in [2.24, 2.45) is 0 Å². The summed E-state index contributed by atoms with van der Waals surface area (Å²) < 4.78 is 44.5. The molecule has 1 aliphatic carbocycles. The van der Waals surface area contributed by atoms with Crippen LogP contribution in [0.3, 0.4) is 0 Å². The Morgan fingerprint density at radius 1 is 1.21 bits per heavy atom. The maximum Gasteiger partial charge on any atom is 0.341 e. The van der Waals surface area contributed by atoms with Gasteiger partial charge in [-0.15, -0.1) is 0 Å². The second-order valence-electron chi connectivity index (χ2n) is 9.10. The second kappa shape index (κ2) is 7.60. The van der Waals surface area contributed by atoms with E-state index in [1.54, 1.807) is 6.20 Å². The molecule has 0 spiro atoms. The molecule has 0 atom stereocenters. The number of aromatic amines is 1. The van der Waals surface area contributed by atoms with Crippen molar-refractivity contribution in [2.75, 3.05) is 0 Å². The molecule has 172 valence electrons. The average Bonchev–Trinajstić information content (AvgIpc) is 3.36. The molecule has 0 amide bonds. The highest BCUT2D eigenvalue weighted by Gasteiger charge is 2.44. The van der Waals surface area contributed by atoms with Gasteiger partial charge in [0.15, 0.2) is 17.3 Å². The van der Waals surface area contributed by atoms with Gasteiger partial charge in [-0.1, -0.05) is 13.8 Å². The standard InChI is InChI=1S/C24H23F3N4O2/c1-12(2)21-19(13-5-7-24(27,8-6-13)23(32)33)20-18(9-14-11-28-30-22(14)29-20)31(21)15-3-4-16(25)17(26)10-15/h3-4,9-13H,5-8H2,1-2H3,(H,32,33)(H,28,29,30)/t13-,24+. The number of nitrogens with one attached hydrogen (secondary N) is 1. The van der Waals surface area contributed by atoms with Gasteiger partial charge < -0.3 is 9.67 Å². The molecule has 6 nitrogen and oxygen atoms in total. The minimum Gasteiger partial charge on any atom is -0.479 e. The lowest BCUT2D eigenvalue weighted by Gasteiger charge is -2.31. The zero-order valence-electron chi connectivity index (χ0n) is 18.2. The van der Waals surface area contributed by atoms with Crippen LogP contribution in [0.25, 0.3) is 27.8 Å². The minimum atomic E-state index is -2.23. The second-order valence-corrected chi connectivity index (χ2v) is 9.10. The third-order valence-electron chi connectivity index (χ3n) is 6.70. The van der Waals surface area contributed by atoms with E-state index >= 15 is 0 Å². The quantitative estimate of drug-likeness (QED) is 0.409. The summed E-state index contributed by atoms with van der Waals surface area (Å²) in [6, 6.07) is 5.67. The van der Waals surface area contributed by atoms with Gasteiger partial charge in [0.25, 0.3) is 0 Å². The van der Waals surface area contributed by atoms with Crippen molar-refractivity contribution in [1.82, 2.24) is 19.7 Å². The zero-order valence-corrected chi connectivity index (χ0v) is 18.2. The van der Waals surface area contributed by atoms with E-state index in [2.05, 4.69) is 10.2 Å². The van der Waals surface area contributed by atoms with Crippen LogP contribution in [0.1, 0.15) is 62.6 Å². The number of hydrogen-bond donors (Lipinski definition) is 2. The number of rotatable bonds is 4. The third kappa shape index (κ3) is 3.37. The summed E-state index contributed by atoms with van der Waals surface area (Å²) in [5.41, 5.74) is 1.97. The molecule has 1 saturated carbocycles. The Hall–Kier alpha value is -3.36. The fraction of sp³-hybridized carbons (Fsp3) is 0.375. The lowest BCUT2D eigenvalue weighted by molar-refractivity contribution is -0.153.